The van der Waals surface area contributed by atoms with Crippen LogP contribution in [-0.2, 0) is 0 Å². The highest BCUT2D eigenvalue weighted by molar-refractivity contribution is 4.79. The third kappa shape index (κ3) is 6.45. The Kier molecular flexibility index (Phi) is 7.18. The van der Waals surface area contributed by atoms with Crippen molar-refractivity contribution >= 4 is 0 Å². The second-order valence-corrected chi connectivity index (χ2v) is 6.71. The van der Waals surface area contributed by atoms with Gasteiger partial charge < -0.3 is 5.32 Å². The minimum Gasteiger partial charge on any atom is -0.314 e. The van der Waals surface area contributed by atoms with Crippen LogP contribution in [0.1, 0.15) is 72.6 Å². The van der Waals surface area contributed by atoms with Gasteiger partial charge in [0, 0.05) is 6.04 Å². The van der Waals surface area contributed by atoms with Crippen LogP contribution in [0.4, 0.5) is 0 Å². The Bertz CT molecular complexity index is 186. The van der Waals surface area contributed by atoms with E-state index in [1.54, 1.807) is 0 Å². The van der Waals surface area contributed by atoms with E-state index in [-0.39, 0.29) is 0 Å². The fourth-order valence-corrected chi connectivity index (χ4v) is 3.00. The Labute approximate surface area is 109 Å². The second-order valence-electron chi connectivity index (χ2n) is 6.71. The van der Waals surface area contributed by atoms with Crippen LogP contribution >= 0.6 is 0 Å². The first-order chi connectivity index (χ1) is 8.09. The van der Waals surface area contributed by atoms with E-state index in [2.05, 4.69) is 33.0 Å². The Morgan fingerprint density at radius 2 is 1.82 bits per heavy atom. The molecule has 0 aromatic rings. The molecule has 0 aliphatic heterocycles. The smallest absolute Gasteiger partial charge is 0.00698 e. The SMILES string of the molecule is CC(C)CCCCNC1CCCC(C(C)C)C1. The van der Waals surface area contributed by atoms with E-state index in [0.29, 0.717) is 0 Å². The van der Waals surface area contributed by atoms with Crippen molar-refractivity contribution in [2.45, 2.75) is 78.7 Å². The molecule has 0 amide bonds. The zero-order valence-corrected chi connectivity index (χ0v) is 12.5. The minimum absolute atomic E-state index is 0.815. The molecular formula is C16H33N. The summed E-state index contributed by atoms with van der Waals surface area (Å²) in [5.41, 5.74) is 0. The van der Waals surface area contributed by atoms with Gasteiger partial charge in [0.2, 0.25) is 0 Å². The molecule has 2 unspecified atom stereocenters. The summed E-state index contributed by atoms with van der Waals surface area (Å²) in [6.07, 6.45) is 9.87. The van der Waals surface area contributed by atoms with E-state index >= 15 is 0 Å². The summed E-state index contributed by atoms with van der Waals surface area (Å²) in [5.74, 6) is 2.72. The summed E-state index contributed by atoms with van der Waals surface area (Å²) in [5, 5.41) is 3.78. The van der Waals surface area contributed by atoms with Crippen LogP contribution in [0.2, 0.25) is 0 Å². The van der Waals surface area contributed by atoms with Gasteiger partial charge in [-0.05, 0) is 43.6 Å². The molecule has 1 saturated carbocycles. The third-order valence-corrected chi connectivity index (χ3v) is 4.30. The average molecular weight is 239 g/mol. The molecule has 1 N–H and O–H groups in total. The van der Waals surface area contributed by atoms with E-state index in [0.717, 1.165) is 23.8 Å². The lowest BCUT2D eigenvalue weighted by Crippen LogP contribution is -2.36. The molecule has 0 spiro atoms. The normalized spacial score (nSPS) is 25.8. The molecule has 0 heterocycles. The van der Waals surface area contributed by atoms with Crippen LogP contribution in [0.5, 0.6) is 0 Å². The average Bonchev–Trinajstić information content (AvgIpc) is 2.28. The molecule has 0 saturated heterocycles. The van der Waals surface area contributed by atoms with Crippen LogP contribution < -0.4 is 5.32 Å². The molecule has 17 heavy (non-hydrogen) atoms. The fourth-order valence-electron chi connectivity index (χ4n) is 3.00. The van der Waals surface area contributed by atoms with Crippen LogP contribution in [-0.4, -0.2) is 12.6 Å². The Morgan fingerprint density at radius 3 is 2.47 bits per heavy atom. The van der Waals surface area contributed by atoms with Gasteiger partial charge in [0.25, 0.3) is 0 Å². The van der Waals surface area contributed by atoms with Gasteiger partial charge in [-0.2, -0.15) is 0 Å². The molecule has 0 radical (unpaired) electrons. The molecule has 0 bridgehead atoms. The predicted molar refractivity (Wildman–Crippen MR) is 77.3 cm³/mol. The maximum absolute atomic E-state index is 3.78. The molecule has 1 aliphatic carbocycles. The maximum Gasteiger partial charge on any atom is 0.00698 e. The highest BCUT2D eigenvalue weighted by Crippen LogP contribution is 2.29. The van der Waals surface area contributed by atoms with Gasteiger partial charge in [-0.1, -0.05) is 53.4 Å². The van der Waals surface area contributed by atoms with Gasteiger partial charge >= 0.3 is 0 Å². The van der Waals surface area contributed by atoms with Gasteiger partial charge in [0.1, 0.15) is 0 Å². The van der Waals surface area contributed by atoms with Crippen molar-refractivity contribution in [1.82, 2.24) is 5.32 Å². The summed E-state index contributed by atoms with van der Waals surface area (Å²) in [6, 6.07) is 0.815. The minimum atomic E-state index is 0.815. The predicted octanol–water partition coefficient (Wildman–Crippen LogP) is 4.62. The molecule has 1 rings (SSSR count). The highest BCUT2D eigenvalue weighted by atomic mass is 14.9. The topological polar surface area (TPSA) is 12.0 Å². The Morgan fingerprint density at radius 1 is 1.06 bits per heavy atom. The molecule has 0 aromatic heterocycles. The van der Waals surface area contributed by atoms with Crippen molar-refractivity contribution in [2.24, 2.45) is 17.8 Å². The van der Waals surface area contributed by atoms with Crippen molar-refractivity contribution < 1.29 is 0 Å². The first-order valence-corrected chi connectivity index (χ1v) is 7.83. The summed E-state index contributed by atoms with van der Waals surface area (Å²) in [4.78, 5) is 0. The summed E-state index contributed by atoms with van der Waals surface area (Å²) in [7, 11) is 0. The van der Waals surface area contributed by atoms with E-state index < -0.39 is 0 Å². The highest BCUT2D eigenvalue weighted by Gasteiger charge is 2.23. The zero-order chi connectivity index (χ0) is 12.7. The molecular weight excluding hydrogens is 206 g/mol. The Hall–Kier alpha value is -0.0400. The van der Waals surface area contributed by atoms with Gasteiger partial charge in [0.15, 0.2) is 0 Å². The largest absolute Gasteiger partial charge is 0.314 e. The van der Waals surface area contributed by atoms with Crippen LogP contribution in [0, 0.1) is 17.8 Å². The van der Waals surface area contributed by atoms with Crippen LogP contribution in [0.15, 0.2) is 0 Å². The number of hydrogen-bond donors (Lipinski definition) is 1. The van der Waals surface area contributed by atoms with E-state index in [1.165, 1.54) is 51.5 Å². The molecule has 1 nitrogen and oxygen atoms in total. The quantitative estimate of drug-likeness (QED) is 0.639. The molecule has 1 aliphatic rings. The number of unbranched alkanes of at least 4 members (excludes halogenated alkanes) is 1. The fraction of sp³-hybridized carbons (Fsp3) is 1.00. The standard InChI is InChI=1S/C16H33N/c1-13(2)8-5-6-11-17-16-10-7-9-15(12-16)14(3)4/h13-17H,5-12H2,1-4H3. The monoisotopic (exact) mass is 239 g/mol. The number of rotatable bonds is 7. The Balaban J connectivity index is 2.06. The van der Waals surface area contributed by atoms with Crippen molar-refractivity contribution in [3.63, 3.8) is 0 Å². The zero-order valence-electron chi connectivity index (χ0n) is 12.5. The van der Waals surface area contributed by atoms with Crippen LogP contribution in [0.25, 0.3) is 0 Å². The molecule has 1 fully saturated rings. The first-order valence-electron chi connectivity index (χ1n) is 7.83. The first kappa shape index (κ1) is 15.0. The van der Waals surface area contributed by atoms with E-state index in [9.17, 15) is 0 Å². The van der Waals surface area contributed by atoms with Gasteiger partial charge in [-0.15, -0.1) is 0 Å². The molecule has 1 heteroatoms. The summed E-state index contributed by atoms with van der Waals surface area (Å²) >= 11 is 0. The van der Waals surface area contributed by atoms with Gasteiger partial charge in [0.05, 0.1) is 0 Å². The lowest BCUT2D eigenvalue weighted by atomic mass is 9.79. The van der Waals surface area contributed by atoms with Crippen LogP contribution in [0.3, 0.4) is 0 Å². The van der Waals surface area contributed by atoms with Crippen molar-refractivity contribution in [2.75, 3.05) is 6.54 Å². The summed E-state index contributed by atoms with van der Waals surface area (Å²) < 4.78 is 0. The number of nitrogens with one attached hydrogen (secondary N) is 1. The molecule has 102 valence electrons. The van der Waals surface area contributed by atoms with Crippen molar-refractivity contribution in [3.8, 4) is 0 Å². The van der Waals surface area contributed by atoms with E-state index in [4.69, 9.17) is 0 Å². The number of hydrogen-bond acceptors (Lipinski definition) is 1. The van der Waals surface area contributed by atoms with Gasteiger partial charge in [-0.3, -0.25) is 0 Å². The second kappa shape index (κ2) is 8.13. The van der Waals surface area contributed by atoms with Crippen molar-refractivity contribution in [1.29, 1.82) is 0 Å². The lowest BCUT2D eigenvalue weighted by molar-refractivity contribution is 0.231. The third-order valence-electron chi connectivity index (χ3n) is 4.30. The lowest BCUT2D eigenvalue weighted by Gasteiger charge is -2.32. The van der Waals surface area contributed by atoms with Crippen molar-refractivity contribution in [3.05, 3.63) is 0 Å². The maximum atomic E-state index is 3.78. The molecule has 2 atom stereocenters. The van der Waals surface area contributed by atoms with E-state index in [1.807, 2.05) is 0 Å². The van der Waals surface area contributed by atoms with Gasteiger partial charge in [-0.25, -0.2) is 0 Å². The summed E-state index contributed by atoms with van der Waals surface area (Å²) in [6.45, 7) is 10.6. The molecule has 0 aromatic carbocycles.